The minimum atomic E-state index is -3.96. The summed E-state index contributed by atoms with van der Waals surface area (Å²) in [5, 5.41) is -0.350. The van der Waals surface area contributed by atoms with Crippen molar-refractivity contribution in [3.63, 3.8) is 0 Å². The molecule has 2 heterocycles. The van der Waals surface area contributed by atoms with Gasteiger partial charge in [-0.15, -0.1) is 0 Å². The number of carbonyl (C=O) groups excluding carboxylic acids is 1. The first kappa shape index (κ1) is 25.5. The fourth-order valence-electron chi connectivity index (χ4n) is 3.94. The smallest absolute Gasteiger partial charge is 0.290 e. The highest BCUT2D eigenvalue weighted by Gasteiger charge is 2.36. The normalized spacial score (nSPS) is 17.3. The van der Waals surface area contributed by atoms with Crippen molar-refractivity contribution < 1.29 is 26.0 Å². The highest BCUT2D eigenvalue weighted by Crippen LogP contribution is 2.27. The quantitative estimate of drug-likeness (QED) is 0.419. The van der Waals surface area contributed by atoms with Crippen LogP contribution in [0.25, 0.3) is 0 Å². The first-order valence-corrected chi connectivity index (χ1v) is 14.9. The molecule has 1 saturated heterocycles. The number of halogens is 1. The molecule has 0 N–H and O–H groups in total. The largest absolute Gasteiger partial charge is 0.439 e. The van der Waals surface area contributed by atoms with Crippen molar-refractivity contribution in [3.8, 4) is 0 Å². The van der Waals surface area contributed by atoms with Gasteiger partial charge in [0.2, 0.25) is 14.9 Å². The van der Waals surface area contributed by atoms with Gasteiger partial charge >= 0.3 is 0 Å². The summed E-state index contributed by atoms with van der Waals surface area (Å²) in [6.07, 6.45) is 0.314. The second kappa shape index (κ2) is 9.79. The molecular weight excluding hydrogens is 556 g/mol. The number of anilines is 1. The maximum absolute atomic E-state index is 13.5. The molecule has 0 radical (unpaired) electrons. The minimum Gasteiger partial charge on any atom is -0.439 e. The second-order valence-electron chi connectivity index (χ2n) is 8.63. The number of sulfone groups is 2. The van der Waals surface area contributed by atoms with Gasteiger partial charge in [-0.25, -0.2) is 16.8 Å². The van der Waals surface area contributed by atoms with Crippen LogP contribution in [0.1, 0.15) is 22.5 Å². The lowest BCUT2D eigenvalue weighted by Crippen LogP contribution is -2.40. The fourth-order valence-corrected chi connectivity index (χ4v) is 7.10. The zero-order valence-corrected chi connectivity index (χ0v) is 22.4. The molecule has 1 aliphatic rings. The number of rotatable bonds is 7. The molecule has 35 heavy (non-hydrogen) atoms. The summed E-state index contributed by atoms with van der Waals surface area (Å²) in [4.78, 5) is 16.9. The van der Waals surface area contributed by atoms with E-state index in [1.54, 1.807) is 12.1 Å². The Bertz CT molecular complexity index is 1430. The van der Waals surface area contributed by atoms with Crippen molar-refractivity contribution in [2.45, 2.75) is 29.0 Å². The number of hydrogen-bond acceptors (Lipinski definition) is 7. The maximum Gasteiger partial charge on any atom is 0.290 e. The van der Waals surface area contributed by atoms with Crippen LogP contribution in [0.15, 0.2) is 79.5 Å². The molecule has 186 valence electrons. The van der Waals surface area contributed by atoms with Crippen LogP contribution in [0, 0.1) is 0 Å². The summed E-state index contributed by atoms with van der Waals surface area (Å²) in [5.41, 5.74) is 1.81. The van der Waals surface area contributed by atoms with Gasteiger partial charge in [-0.3, -0.25) is 4.79 Å². The number of nitrogens with zero attached hydrogens (tertiary/aromatic N) is 2. The van der Waals surface area contributed by atoms with Gasteiger partial charge < -0.3 is 14.2 Å². The van der Waals surface area contributed by atoms with E-state index >= 15 is 0 Å². The Kier molecular flexibility index (Phi) is 7.12. The van der Waals surface area contributed by atoms with Crippen LogP contribution < -0.4 is 4.90 Å². The molecule has 1 atom stereocenters. The van der Waals surface area contributed by atoms with Gasteiger partial charge in [0, 0.05) is 36.8 Å². The Balaban J connectivity index is 1.63. The topological polar surface area (TPSA) is 105 Å². The molecule has 0 bridgehead atoms. The van der Waals surface area contributed by atoms with E-state index in [2.05, 4.69) is 15.9 Å². The van der Waals surface area contributed by atoms with Crippen LogP contribution in [-0.4, -0.2) is 59.3 Å². The summed E-state index contributed by atoms with van der Waals surface area (Å²) in [5.74, 6) is -0.849. The maximum atomic E-state index is 13.5. The first-order chi connectivity index (χ1) is 16.5. The predicted molar refractivity (Wildman–Crippen MR) is 136 cm³/mol. The van der Waals surface area contributed by atoms with Crippen LogP contribution in [0.4, 0.5) is 5.69 Å². The molecule has 11 heteroatoms. The molecule has 3 aromatic rings. The van der Waals surface area contributed by atoms with E-state index < -0.39 is 31.6 Å². The lowest BCUT2D eigenvalue weighted by molar-refractivity contribution is 0.0642. The zero-order chi connectivity index (χ0) is 25.4. The Morgan fingerprint density at radius 3 is 2.26 bits per heavy atom. The Morgan fingerprint density at radius 1 is 1.03 bits per heavy atom. The van der Waals surface area contributed by atoms with Crippen LogP contribution in [0.2, 0.25) is 0 Å². The van der Waals surface area contributed by atoms with Gasteiger partial charge in [0.15, 0.2) is 15.6 Å². The van der Waals surface area contributed by atoms with Crippen molar-refractivity contribution in [3.05, 3.63) is 76.5 Å². The zero-order valence-electron chi connectivity index (χ0n) is 19.2. The van der Waals surface area contributed by atoms with Crippen molar-refractivity contribution in [1.82, 2.24) is 4.90 Å². The molecule has 1 aromatic heterocycles. The molecule has 2 aromatic carbocycles. The lowest BCUT2D eigenvalue weighted by Gasteiger charge is -2.28. The van der Waals surface area contributed by atoms with E-state index in [9.17, 15) is 21.6 Å². The number of amides is 1. The molecule has 1 amide bonds. The molecule has 0 unspecified atom stereocenters. The van der Waals surface area contributed by atoms with Gasteiger partial charge in [-0.2, -0.15) is 0 Å². The summed E-state index contributed by atoms with van der Waals surface area (Å²) in [6.45, 7) is 0.169. The molecule has 8 nitrogen and oxygen atoms in total. The van der Waals surface area contributed by atoms with Crippen molar-refractivity contribution >= 4 is 47.2 Å². The summed E-state index contributed by atoms with van der Waals surface area (Å²) in [7, 11) is -3.37. The average molecular weight is 582 g/mol. The lowest BCUT2D eigenvalue weighted by atomic mass is 10.1. The highest BCUT2D eigenvalue weighted by atomic mass is 79.9. The van der Waals surface area contributed by atoms with Crippen molar-refractivity contribution in [1.29, 1.82) is 0 Å². The van der Waals surface area contributed by atoms with E-state index in [1.165, 1.54) is 29.2 Å². The fraction of sp³-hybridized carbons (Fsp3) is 0.292. The molecule has 4 rings (SSSR count). The molecule has 0 spiro atoms. The summed E-state index contributed by atoms with van der Waals surface area (Å²) in [6, 6.07) is 15.7. The second-order valence-corrected chi connectivity index (χ2v) is 13.7. The first-order valence-electron chi connectivity index (χ1n) is 10.8. The van der Waals surface area contributed by atoms with E-state index in [0.29, 0.717) is 6.42 Å². The number of hydrogen-bond donors (Lipinski definition) is 0. The van der Waals surface area contributed by atoms with Gasteiger partial charge in [-0.05, 0) is 60.5 Å². The van der Waals surface area contributed by atoms with Gasteiger partial charge in [0.1, 0.15) is 0 Å². The third-order valence-electron chi connectivity index (χ3n) is 5.90. The molecule has 1 aliphatic heterocycles. The van der Waals surface area contributed by atoms with Crippen molar-refractivity contribution in [2.24, 2.45) is 0 Å². The van der Waals surface area contributed by atoms with Gasteiger partial charge in [-0.1, -0.05) is 28.1 Å². The molecule has 0 saturated carbocycles. The highest BCUT2D eigenvalue weighted by molar-refractivity contribution is 9.10. The van der Waals surface area contributed by atoms with Crippen LogP contribution >= 0.6 is 15.9 Å². The van der Waals surface area contributed by atoms with E-state index in [4.69, 9.17) is 4.42 Å². The van der Waals surface area contributed by atoms with Crippen molar-refractivity contribution in [2.75, 3.05) is 30.5 Å². The van der Waals surface area contributed by atoms with E-state index in [-0.39, 0.29) is 33.8 Å². The molecule has 0 aliphatic carbocycles. The van der Waals surface area contributed by atoms with Crippen LogP contribution in [0.3, 0.4) is 0 Å². The van der Waals surface area contributed by atoms with E-state index in [1.807, 2.05) is 43.3 Å². The standard InChI is InChI=1S/C24H25BrN2O6S2/c1-26(2)19-7-3-17(4-8-19)15-27(20-13-14-34(29,30)16-20)24(28)22-11-12-23(33-22)35(31,32)21-9-5-18(25)6-10-21/h3-12,20H,13-16H2,1-2H3/t20-/m1/s1. The third kappa shape index (κ3) is 5.62. The Hall–Kier alpha value is -2.63. The molecular formula is C24H25BrN2O6S2. The third-order valence-corrected chi connectivity index (χ3v) is 9.82. The predicted octanol–water partition coefficient (Wildman–Crippen LogP) is 3.77. The SMILES string of the molecule is CN(C)c1ccc(CN(C(=O)c2ccc(S(=O)(=O)c3ccc(Br)cc3)o2)[C@@H]2CCS(=O)(=O)C2)cc1. The average Bonchev–Trinajstić information content (AvgIpc) is 3.45. The summed E-state index contributed by atoms with van der Waals surface area (Å²) < 4.78 is 56.5. The van der Waals surface area contributed by atoms with E-state index in [0.717, 1.165) is 15.7 Å². The minimum absolute atomic E-state index is 0.00235. The van der Waals surface area contributed by atoms with Crippen LogP contribution in [-0.2, 0) is 26.2 Å². The summed E-state index contributed by atoms with van der Waals surface area (Å²) >= 11 is 3.27. The number of furan rings is 1. The number of benzene rings is 2. The van der Waals surface area contributed by atoms with Gasteiger partial charge in [0.05, 0.1) is 16.4 Å². The Morgan fingerprint density at radius 2 is 1.69 bits per heavy atom. The monoisotopic (exact) mass is 580 g/mol. The van der Waals surface area contributed by atoms with Crippen LogP contribution in [0.5, 0.6) is 0 Å². The van der Waals surface area contributed by atoms with Gasteiger partial charge in [0.25, 0.3) is 5.91 Å². The Labute approximate surface area is 213 Å². The molecule has 1 fully saturated rings. The number of carbonyl (C=O) groups is 1.